The molecule has 1 amide bonds. The lowest BCUT2D eigenvalue weighted by Gasteiger charge is -2.35. The maximum Gasteiger partial charge on any atom is 0.389 e. The molecule has 3 aromatic heterocycles. The van der Waals surface area contributed by atoms with Crippen LogP contribution in [0.2, 0.25) is 0 Å². The molecule has 0 radical (unpaired) electrons. The zero-order chi connectivity index (χ0) is 29.3. The van der Waals surface area contributed by atoms with Gasteiger partial charge in [-0.25, -0.2) is 0 Å². The van der Waals surface area contributed by atoms with Gasteiger partial charge in [-0.3, -0.25) is 14.8 Å². The number of fused-ring (bicyclic) bond motifs is 1. The monoisotopic (exact) mass is 565 g/mol. The predicted octanol–water partition coefficient (Wildman–Crippen LogP) is 5.43. The summed E-state index contributed by atoms with van der Waals surface area (Å²) in [6.07, 6.45) is -0.254. The number of aromatic nitrogens is 4. The third-order valence-corrected chi connectivity index (χ3v) is 8.09. The number of likely N-dealkylation sites (tertiary alicyclic amines) is 1. The highest BCUT2D eigenvalue weighted by Crippen LogP contribution is 2.32. The van der Waals surface area contributed by atoms with E-state index in [4.69, 9.17) is 0 Å². The summed E-state index contributed by atoms with van der Waals surface area (Å²) in [5.41, 5.74) is 5.89. The average molecular weight is 566 g/mol. The predicted molar refractivity (Wildman–Crippen MR) is 149 cm³/mol. The minimum Gasteiger partial charge on any atom is -0.343 e. The van der Waals surface area contributed by atoms with Crippen molar-refractivity contribution in [2.24, 2.45) is 0 Å². The Kier molecular flexibility index (Phi) is 7.95. The highest BCUT2D eigenvalue weighted by Gasteiger charge is 2.31. The van der Waals surface area contributed by atoms with Crippen molar-refractivity contribution in [3.8, 4) is 6.07 Å². The second kappa shape index (κ2) is 11.4. The lowest BCUT2D eigenvalue weighted by Crippen LogP contribution is -2.36. The number of nitrogens with one attached hydrogen (secondary N) is 1. The maximum atomic E-state index is 13.0. The van der Waals surface area contributed by atoms with Crippen molar-refractivity contribution in [2.45, 2.75) is 57.9 Å². The van der Waals surface area contributed by atoms with E-state index < -0.39 is 12.6 Å². The number of nitrogens with zero attached hydrogens (tertiary/aromatic N) is 6. The maximum absolute atomic E-state index is 13.0. The van der Waals surface area contributed by atoms with Gasteiger partial charge in [-0.2, -0.15) is 23.5 Å². The number of carbonyl (C=O) groups excluding carboxylic acids is 1. The molecule has 216 valence electrons. The molecule has 1 fully saturated rings. The van der Waals surface area contributed by atoms with Crippen LogP contribution in [0.4, 0.5) is 13.2 Å². The van der Waals surface area contributed by atoms with Gasteiger partial charge in [0.2, 0.25) is 0 Å². The van der Waals surface area contributed by atoms with Crippen LogP contribution in [-0.2, 0) is 19.5 Å². The molecule has 11 heteroatoms. The minimum absolute atomic E-state index is 0.0397. The Balaban J connectivity index is 1.32. The summed E-state index contributed by atoms with van der Waals surface area (Å²) in [5.74, 6) is -0.203. The number of halogens is 3. The molecule has 1 aliphatic rings. The molecule has 1 aromatic carbocycles. The molecule has 0 spiro atoms. The lowest BCUT2D eigenvalue weighted by atomic mass is 10.00. The van der Waals surface area contributed by atoms with Crippen LogP contribution in [0.15, 0.2) is 42.7 Å². The summed E-state index contributed by atoms with van der Waals surface area (Å²) in [6.45, 7) is 4.90. The lowest BCUT2D eigenvalue weighted by molar-refractivity contribution is -0.134. The molecule has 0 saturated carbocycles. The molecule has 1 saturated heterocycles. The van der Waals surface area contributed by atoms with E-state index >= 15 is 0 Å². The Morgan fingerprint density at radius 2 is 1.93 bits per heavy atom. The quantitative estimate of drug-likeness (QED) is 0.309. The topological polar surface area (TPSA) is 85.9 Å². The Hall–Kier alpha value is -4.04. The van der Waals surface area contributed by atoms with Gasteiger partial charge in [-0.1, -0.05) is 6.07 Å². The Morgan fingerprint density at radius 1 is 1.17 bits per heavy atom. The molecule has 41 heavy (non-hydrogen) atoms. The number of nitriles is 1. The fourth-order valence-electron chi connectivity index (χ4n) is 5.88. The molecule has 1 N–H and O–H groups in total. The molecule has 0 unspecified atom stereocenters. The van der Waals surface area contributed by atoms with Gasteiger partial charge in [0.25, 0.3) is 5.91 Å². The Bertz CT molecular complexity index is 1570. The number of hydrogen-bond acceptors (Lipinski definition) is 4. The number of H-pyrrole nitrogens is 1. The number of alkyl halides is 3. The standard InChI is InChI=1S/C30H34F3N7O/c1-20-22(4-6-27-26(20)14-25(15-34)39(27)18-21-16-35-36-17-21)19-38-12-9-24(10-13-38)40-23(8-11-30(31,32)33)5-7-28(40)29(41)37(2)3/h4-7,14,16-17,24H,8-13,18-19H2,1-3H3,(H,35,36). The van der Waals surface area contributed by atoms with Crippen molar-refractivity contribution < 1.29 is 18.0 Å². The summed E-state index contributed by atoms with van der Waals surface area (Å²) in [4.78, 5) is 16.7. The second-order valence-corrected chi connectivity index (χ2v) is 11.0. The molecular weight excluding hydrogens is 531 g/mol. The van der Waals surface area contributed by atoms with Crippen LogP contribution < -0.4 is 0 Å². The van der Waals surface area contributed by atoms with Crippen LogP contribution in [-0.4, -0.2) is 68.4 Å². The van der Waals surface area contributed by atoms with Crippen molar-refractivity contribution in [1.29, 1.82) is 5.26 Å². The van der Waals surface area contributed by atoms with E-state index in [1.165, 1.54) is 10.5 Å². The van der Waals surface area contributed by atoms with E-state index in [9.17, 15) is 23.2 Å². The summed E-state index contributed by atoms with van der Waals surface area (Å²) in [7, 11) is 3.31. The van der Waals surface area contributed by atoms with Crippen molar-refractivity contribution in [1.82, 2.24) is 29.1 Å². The number of aromatic amines is 1. The van der Waals surface area contributed by atoms with Crippen LogP contribution in [0.25, 0.3) is 10.9 Å². The van der Waals surface area contributed by atoms with Gasteiger partial charge in [-0.05, 0) is 61.6 Å². The average Bonchev–Trinajstić information content (AvgIpc) is 3.68. The van der Waals surface area contributed by atoms with E-state index in [1.807, 2.05) is 21.4 Å². The smallest absolute Gasteiger partial charge is 0.343 e. The summed E-state index contributed by atoms with van der Waals surface area (Å²) in [5, 5.41) is 17.6. The molecule has 1 aliphatic heterocycles. The Morgan fingerprint density at radius 3 is 2.56 bits per heavy atom. The van der Waals surface area contributed by atoms with Gasteiger partial charge in [0.15, 0.2) is 0 Å². The largest absolute Gasteiger partial charge is 0.389 e. The van der Waals surface area contributed by atoms with Gasteiger partial charge in [0, 0.05) is 74.5 Å². The summed E-state index contributed by atoms with van der Waals surface area (Å²) in [6, 6.07) is 11.7. The van der Waals surface area contributed by atoms with Crippen molar-refractivity contribution in [2.75, 3.05) is 27.2 Å². The number of amides is 1. The van der Waals surface area contributed by atoms with Crippen LogP contribution in [0.5, 0.6) is 0 Å². The highest BCUT2D eigenvalue weighted by molar-refractivity contribution is 5.92. The van der Waals surface area contributed by atoms with E-state index in [1.54, 1.807) is 32.4 Å². The number of piperidine rings is 1. The molecule has 4 heterocycles. The van der Waals surface area contributed by atoms with Gasteiger partial charge >= 0.3 is 6.18 Å². The molecule has 0 aliphatic carbocycles. The first-order chi connectivity index (χ1) is 19.6. The first-order valence-electron chi connectivity index (χ1n) is 13.8. The molecular formula is C30H34F3N7O. The summed E-state index contributed by atoms with van der Waals surface area (Å²) < 4.78 is 42.9. The van der Waals surface area contributed by atoms with Gasteiger partial charge in [-0.15, -0.1) is 0 Å². The SMILES string of the molecule is Cc1c(CN2CCC(n3c(CCC(F)(F)F)ccc3C(=O)N(C)C)CC2)ccc2c1cc(C#N)n2Cc1cn[nH]c1. The van der Waals surface area contributed by atoms with E-state index in [2.05, 4.69) is 40.2 Å². The van der Waals surface area contributed by atoms with E-state index in [0.29, 0.717) is 23.6 Å². The normalized spacial score (nSPS) is 15.0. The number of carbonyl (C=O) groups is 1. The number of rotatable bonds is 8. The van der Waals surface area contributed by atoms with Gasteiger partial charge < -0.3 is 14.0 Å². The van der Waals surface area contributed by atoms with Gasteiger partial charge in [0.05, 0.1) is 12.7 Å². The van der Waals surface area contributed by atoms with E-state index in [0.717, 1.165) is 54.5 Å². The van der Waals surface area contributed by atoms with Gasteiger partial charge in [0.1, 0.15) is 17.5 Å². The highest BCUT2D eigenvalue weighted by atomic mass is 19.4. The molecule has 0 bridgehead atoms. The van der Waals surface area contributed by atoms with Crippen molar-refractivity contribution in [3.63, 3.8) is 0 Å². The fraction of sp³-hybridized carbons (Fsp3) is 0.433. The summed E-state index contributed by atoms with van der Waals surface area (Å²) >= 11 is 0. The van der Waals surface area contributed by atoms with Crippen LogP contribution in [0.3, 0.4) is 0 Å². The number of hydrogen-bond donors (Lipinski definition) is 1. The van der Waals surface area contributed by atoms with Crippen LogP contribution in [0.1, 0.15) is 63.9 Å². The molecule has 8 nitrogen and oxygen atoms in total. The second-order valence-electron chi connectivity index (χ2n) is 11.0. The first kappa shape index (κ1) is 28.5. The third kappa shape index (κ3) is 6.03. The zero-order valence-electron chi connectivity index (χ0n) is 23.5. The van der Waals surface area contributed by atoms with Crippen molar-refractivity contribution >= 4 is 16.8 Å². The fourth-order valence-corrected chi connectivity index (χ4v) is 5.88. The van der Waals surface area contributed by atoms with Crippen molar-refractivity contribution in [3.05, 3.63) is 76.5 Å². The number of benzene rings is 1. The molecule has 4 aromatic rings. The minimum atomic E-state index is -4.25. The first-order valence-corrected chi connectivity index (χ1v) is 13.8. The Labute approximate surface area is 237 Å². The zero-order valence-corrected chi connectivity index (χ0v) is 23.5. The molecule has 0 atom stereocenters. The molecule has 5 rings (SSSR count). The van der Waals surface area contributed by atoms with Crippen LogP contribution in [0, 0.1) is 18.3 Å². The van der Waals surface area contributed by atoms with E-state index in [-0.39, 0.29) is 18.4 Å². The van der Waals surface area contributed by atoms with Crippen LogP contribution >= 0.6 is 0 Å². The third-order valence-electron chi connectivity index (χ3n) is 8.09. The number of aryl methyl sites for hydroxylation is 2.